The van der Waals surface area contributed by atoms with Gasteiger partial charge < -0.3 is 30.3 Å². The summed E-state index contributed by atoms with van der Waals surface area (Å²) >= 11 is 0. The monoisotopic (exact) mass is 356 g/mol. The van der Waals surface area contributed by atoms with E-state index in [2.05, 4.69) is 23.0 Å². The quantitative estimate of drug-likeness (QED) is 0.386. The number of pyridine rings is 1. The fourth-order valence-corrected chi connectivity index (χ4v) is 2.52. The zero-order valence-corrected chi connectivity index (χ0v) is 13.8. The van der Waals surface area contributed by atoms with E-state index in [9.17, 15) is 9.59 Å². The molecule has 5 unspecified atom stereocenters. The van der Waals surface area contributed by atoms with Crippen LogP contribution in [0.25, 0.3) is 0 Å². The van der Waals surface area contributed by atoms with Crippen LogP contribution in [0.15, 0.2) is 24.5 Å². The Morgan fingerprint density at radius 1 is 1.32 bits per heavy atom. The van der Waals surface area contributed by atoms with Crippen molar-refractivity contribution >= 4 is 12.3 Å². The van der Waals surface area contributed by atoms with Gasteiger partial charge in [-0.05, 0) is 38.1 Å². The maximum Gasteiger partial charge on any atom is 0.335 e. The van der Waals surface area contributed by atoms with Gasteiger partial charge in [-0.3, -0.25) is 9.88 Å². The number of aliphatic carboxylic acids is 1. The summed E-state index contributed by atoms with van der Waals surface area (Å²) in [5.41, 5.74) is 1.36. The second-order valence-electron chi connectivity index (χ2n) is 5.82. The van der Waals surface area contributed by atoms with Crippen molar-refractivity contribution in [3.63, 3.8) is 0 Å². The van der Waals surface area contributed by atoms with Gasteiger partial charge in [0.25, 0.3) is 0 Å². The second-order valence-corrected chi connectivity index (χ2v) is 5.82. The van der Waals surface area contributed by atoms with E-state index in [1.54, 1.807) is 0 Å². The molecule has 9 nitrogen and oxygen atoms in total. The van der Waals surface area contributed by atoms with E-state index in [1.165, 1.54) is 24.9 Å². The number of hydrogen-bond acceptors (Lipinski definition) is 8. The summed E-state index contributed by atoms with van der Waals surface area (Å²) in [6.45, 7) is 1.22. The molecule has 140 valence electrons. The van der Waals surface area contributed by atoms with Crippen molar-refractivity contribution in [2.45, 2.75) is 43.3 Å². The van der Waals surface area contributed by atoms with E-state index in [0.29, 0.717) is 6.04 Å². The van der Waals surface area contributed by atoms with Crippen molar-refractivity contribution < 1.29 is 35.1 Å². The van der Waals surface area contributed by atoms with Gasteiger partial charge in [0.15, 0.2) is 12.4 Å². The predicted molar refractivity (Wildman–Crippen MR) is 86.6 cm³/mol. The highest BCUT2D eigenvalue weighted by Gasteiger charge is 2.34. The fourth-order valence-electron chi connectivity index (χ4n) is 2.52. The van der Waals surface area contributed by atoms with Crippen LogP contribution >= 0.6 is 0 Å². The van der Waals surface area contributed by atoms with Crippen molar-refractivity contribution in [1.82, 2.24) is 9.88 Å². The Labute approximate surface area is 145 Å². The van der Waals surface area contributed by atoms with Crippen LogP contribution in [0.3, 0.4) is 0 Å². The Bertz CT molecular complexity index is 543. The number of aromatic nitrogens is 1. The lowest BCUT2D eigenvalue weighted by molar-refractivity contribution is -0.163. The van der Waals surface area contributed by atoms with Gasteiger partial charge in [-0.25, -0.2) is 4.79 Å². The maximum atomic E-state index is 10.1. The molecule has 0 aromatic carbocycles. The molecule has 1 aliphatic rings. The highest BCUT2D eigenvalue weighted by Crippen LogP contribution is 2.29. The van der Waals surface area contributed by atoms with Crippen molar-refractivity contribution in [1.29, 1.82) is 0 Å². The lowest BCUT2D eigenvalue weighted by Gasteiger charge is -2.21. The van der Waals surface area contributed by atoms with Crippen LogP contribution < -0.4 is 0 Å². The molecule has 5 N–H and O–H groups in total. The van der Waals surface area contributed by atoms with Gasteiger partial charge in [0.1, 0.15) is 18.3 Å². The lowest BCUT2D eigenvalue weighted by atomic mass is 10.0. The van der Waals surface area contributed by atoms with Gasteiger partial charge in [-0.1, -0.05) is 6.07 Å². The van der Waals surface area contributed by atoms with Gasteiger partial charge in [0.2, 0.25) is 0 Å². The predicted octanol–water partition coefficient (Wildman–Crippen LogP) is -1.44. The summed E-state index contributed by atoms with van der Waals surface area (Å²) < 4.78 is 0. The minimum Gasteiger partial charge on any atom is -0.479 e. The summed E-state index contributed by atoms with van der Waals surface area (Å²) in [6, 6.07) is 4.79. The molecule has 2 heterocycles. The summed E-state index contributed by atoms with van der Waals surface area (Å²) in [5, 5.41) is 43.2. The highest BCUT2D eigenvalue weighted by atomic mass is 16.4. The molecule has 0 radical (unpaired) electrons. The number of likely N-dealkylation sites (tertiary alicyclic amines) is 1. The minimum absolute atomic E-state index is 0.0809. The number of aliphatic hydroxyl groups excluding tert-OH is 4. The highest BCUT2D eigenvalue weighted by molar-refractivity contribution is 5.73. The summed E-state index contributed by atoms with van der Waals surface area (Å²) in [7, 11) is 2.19. The van der Waals surface area contributed by atoms with Gasteiger partial charge >= 0.3 is 5.97 Å². The fraction of sp³-hybridized carbons (Fsp3) is 0.562. The van der Waals surface area contributed by atoms with Gasteiger partial charge in [-0.15, -0.1) is 0 Å². The van der Waals surface area contributed by atoms with Crippen molar-refractivity contribution in [2.24, 2.45) is 0 Å². The molecule has 0 spiro atoms. The lowest BCUT2D eigenvalue weighted by Crippen LogP contribution is -2.48. The van der Waals surface area contributed by atoms with Crippen LogP contribution in [0, 0.1) is 0 Å². The Morgan fingerprint density at radius 2 is 2.00 bits per heavy atom. The van der Waals surface area contributed by atoms with Crippen LogP contribution in [-0.4, -0.2) is 85.7 Å². The molecule has 2 rings (SSSR count). The number of carbonyl (C=O) groups is 2. The maximum absolute atomic E-state index is 10.1. The first kappa shape index (κ1) is 21.1. The second kappa shape index (κ2) is 10.2. The van der Waals surface area contributed by atoms with E-state index >= 15 is 0 Å². The molecule has 25 heavy (non-hydrogen) atoms. The molecular weight excluding hydrogens is 332 g/mol. The number of carbonyl (C=O) groups excluding carboxylic acids is 1. The van der Waals surface area contributed by atoms with Crippen LogP contribution in [0.2, 0.25) is 0 Å². The third kappa shape index (κ3) is 6.15. The van der Waals surface area contributed by atoms with Gasteiger partial charge in [0, 0.05) is 18.4 Å². The molecule has 1 aromatic rings. The SMILES string of the molecule is CN1CCCC1c1cccnc1.O=CC(O)C(O)C(O)C(O)C(=O)O. The number of nitrogens with zero attached hydrogens (tertiary/aromatic N) is 2. The summed E-state index contributed by atoms with van der Waals surface area (Å²) in [5.74, 6) is -1.76. The number of hydrogen-bond donors (Lipinski definition) is 5. The Morgan fingerprint density at radius 3 is 2.44 bits per heavy atom. The molecular formula is C16H24N2O7. The standard InChI is InChI=1S/C10H14N2.C6H10O7/c1-12-7-3-5-10(12)9-4-2-6-11-8-9;7-1-2(8)3(9)4(10)5(11)6(12)13/h2,4,6,8,10H,3,5,7H2,1H3;1-5,8-11H,(H,12,13). The third-order valence-electron chi connectivity index (χ3n) is 4.01. The minimum atomic E-state index is -2.25. The van der Waals surface area contributed by atoms with E-state index in [1.807, 2.05) is 18.5 Å². The summed E-state index contributed by atoms with van der Waals surface area (Å²) in [4.78, 5) is 26.5. The van der Waals surface area contributed by atoms with Crippen LogP contribution in [0.4, 0.5) is 0 Å². The zero-order chi connectivity index (χ0) is 19.0. The van der Waals surface area contributed by atoms with E-state index in [-0.39, 0.29) is 6.29 Å². The summed E-state index contributed by atoms with van der Waals surface area (Å²) in [6.07, 6.45) is -1.99. The third-order valence-corrected chi connectivity index (χ3v) is 4.01. The molecule has 1 aliphatic heterocycles. The molecule has 0 saturated carbocycles. The first-order valence-corrected chi connectivity index (χ1v) is 7.80. The van der Waals surface area contributed by atoms with Gasteiger partial charge in [-0.2, -0.15) is 0 Å². The van der Waals surface area contributed by atoms with E-state index in [0.717, 1.165) is 0 Å². The number of aliphatic hydroxyl groups is 4. The van der Waals surface area contributed by atoms with Crippen molar-refractivity contribution in [3.8, 4) is 0 Å². The van der Waals surface area contributed by atoms with E-state index < -0.39 is 30.4 Å². The van der Waals surface area contributed by atoms with Crippen molar-refractivity contribution in [2.75, 3.05) is 13.6 Å². The normalized spacial score (nSPS) is 22.2. The molecule has 0 amide bonds. The van der Waals surface area contributed by atoms with E-state index in [4.69, 9.17) is 25.5 Å². The Kier molecular flexibility index (Phi) is 8.59. The number of rotatable bonds is 6. The first-order chi connectivity index (χ1) is 11.8. The zero-order valence-electron chi connectivity index (χ0n) is 13.8. The Hall–Kier alpha value is -1.91. The van der Waals surface area contributed by atoms with Crippen molar-refractivity contribution in [3.05, 3.63) is 30.1 Å². The van der Waals surface area contributed by atoms with Gasteiger partial charge in [0.05, 0.1) is 0 Å². The van der Waals surface area contributed by atoms with Crippen LogP contribution in [0.5, 0.6) is 0 Å². The van der Waals surface area contributed by atoms with Crippen LogP contribution in [0.1, 0.15) is 24.4 Å². The average Bonchev–Trinajstić information content (AvgIpc) is 3.06. The molecule has 1 fully saturated rings. The molecule has 1 saturated heterocycles. The molecule has 5 atom stereocenters. The number of aldehydes is 1. The Balaban J connectivity index is 0.000000250. The number of carboxylic acid groups (broad SMARTS) is 1. The number of carboxylic acids is 1. The molecule has 0 aliphatic carbocycles. The van der Waals surface area contributed by atoms with Crippen LogP contribution in [-0.2, 0) is 9.59 Å². The average molecular weight is 356 g/mol. The molecule has 9 heteroatoms. The smallest absolute Gasteiger partial charge is 0.335 e. The largest absolute Gasteiger partial charge is 0.479 e. The molecule has 1 aromatic heterocycles. The first-order valence-electron chi connectivity index (χ1n) is 7.80. The topological polar surface area (TPSA) is 151 Å². The molecule has 0 bridgehead atoms.